The van der Waals surface area contributed by atoms with E-state index in [0.717, 1.165) is 21.1 Å². The molecule has 5 rings (SSSR count). The summed E-state index contributed by atoms with van der Waals surface area (Å²) in [6.45, 7) is 0. The molecule has 0 bridgehead atoms. The molecular formula is C26H22Br2N2. The number of benzene rings is 3. The van der Waals surface area contributed by atoms with Crippen molar-refractivity contribution in [2.24, 2.45) is 11.0 Å². The van der Waals surface area contributed by atoms with E-state index in [9.17, 15) is 0 Å². The highest BCUT2D eigenvalue weighted by molar-refractivity contribution is 9.10. The van der Waals surface area contributed by atoms with Crippen LogP contribution in [0.2, 0.25) is 0 Å². The fourth-order valence-corrected chi connectivity index (χ4v) is 5.08. The molecule has 0 unspecified atom stereocenters. The predicted molar refractivity (Wildman–Crippen MR) is 133 cm³/mol. The van der Waals surface area contributed by atoms with Gasteiger partial charge in [0, 0.05) is 14.9 Å². The molecule has 4 heteroatoms. The van der Waals surface area contributed by atoms with Gasteiger partial charge >= 0.3 is 0 Å². The molecule has 0 radical (unpaired) electrons. The molecule has 1 aliphatic carbocycles. The molecule has 150 valence electrons. The minimum Gasteiger partial charge on any atom is -0.257 e. The van der Waals surface area contributed by atoms with E-state index in [2.05, 4.69) is 122 Å². The van der Waals surface area contributed by atoms with Crippen LogP contribution in [0.15, 0.2) is 98.5 Å². The van der Waals surface area contributed by atoms with Gasteiger partial charge in [0.15, 0.2) is 0 Å². The number of para-hydroxylation sites is 1. The Balaban J connectivity index is 1.58. The highest BCUT2D eigenvalue weighted by atomic mass is 79.9. The summed E-state index contributed by atoms with van der Waals surface area (Å²) >= 11 is 7.11. The van der Waals surface area contributed by atoms with Crippen LogP contribution < -0.4 is 5.01 Å². The maximum absolute atomic E-state index is 5.22. The SMILES string of the molecule is Brc1ccc(C=C2CCC[C@@H]3C2=NN(c2ccccc2)[C@H]3c2ccc(Br)cc2)cc1. The molecule has 1 aliphatic heterocycles. The molecule has 1 saturated carbocycles. The highest BCUT2D eigenvalue weighted by Gasteiger charge is 2.41. The number of hydrogen-bond acceptors (Lipinski definition) is 2. The van der Waals surface area contributed by atoms with Crippen LogP contribution in [0, 0.1) is 5.92 Å². The molecule has 3 aromatic carbocycles. The van der Waals surface area contributed by atoms with Gasteiger partial charge in [-0.05, 0) is 78.4 Å². The summed E-state index contributed by atoms with van der Waals surface area (Å²) < 4.78 is 2.21. The number of fused-ring (bicyclic) bond motifs is 1. The van der Waals surface area contributed by atoms with Crippen LogP contribution in [0.4, 0.5) is 5.69 Å². The van der Waals surface area contributed by atoms with Crippen molar-refractivity contribution < 1.29 is 0 Å². The van der Waals surface area contributed by atoms with Gasteiger partial charge in [0.05, 0.1) is 17.4 Å². The Hall–Kier alpha value is -2.17. The summed E-state index contributed by atoms with van der Waals surface area (Å²) in [6, 6.07) is 28.1. The van der Waals surface area contributed by atoms with E-state index < -0.39 is 0 Å². The van der Waals surface area contributed by atoms with Crippen LogP contribution in [-0.2, 0) is 0 Å². The molecule has 0 amide bonds. The van der Waals surface area contributed by atoms with Gasteiger partial charge in [-0.1, -0.05) is 74.3 Å². The van der Waals surface area contributed by atoms with Crippen molar-refractivity contribution in [1.82, 2.24) is 0 Å². The van der Waals surface area contributed by atoms with E-state index in [1.165, 1.54) is 35.3 Å². The number of nitrogens with zero attached hydrogens (tertiary/aromatic N) is 2. The predicted octanol–water partition coefficient (Wildman–Crippen LogP) is 8.01. The average molecular weight is 522 g/mol. The average Bonchev–Trinajstić information content (AvgIpc) is 3.17. The Morgan fingerprint density at radius 2 is 1.50 bits per heavy atom. The molecule has 0 aromatic heterocycles. The van der Waals surface area contributed by atoms with E-state index in [0.29, 0.717) is 5.92 Å². The molecule has 1 fully saturated rings. The minimum absolute atomic E-state index is 0.226. The summed E-state index contributed by atoms with van der Waals surface area (Å²) in [7, 11) is 0. The summed E-state index contributed by atoms with van der Waals surface area (Å²) in [4.78, 5) is 0. The van der Waals surface area contributed by atoms with Gasteiger partial charge in [-0.15, -0.1) is 0 Å². The second-order valence-corrected chi connectivity index (χ2v) is 9.71. The van der Waals surface area contributed by atoms with E-state index in [4.69, 9.17) is 5.10 Å². The highest BCUT2D eigenvalue weighted by Crippen LogP contribution is 2.46. The van der Waals surface area contributed by atoms with E-state index >= 15 is 0 Å². The van der Waals surface area contributed by atoms with E-state index in [-0.39, 0.29) is 6.04 Å². The van der Waals surface area contributed by atoms with Gasteiger partial charge in [0.25, 0.3) is 0 Å². The quantitative estimate of drug-likeness (QED) is 0.340. The Labute approximate surface area is 194 Å². The summed E-state index contributed by atoms with van der Waals surface area (Å²) in [5.74, 6) is 0.404. The molecule has 2 atom stereocenters. The summed E-state index contributed by atoms with van der Waals surface area (Å²) in [6.07, 6.45) is 5.77. The number of hydrogen-bond donors (Lipinski definition) is 0. The smallest absolute Gasteiger partial charge is 0.0859 e. The third kappa shape index (κ3) is 3.91. The van der Waals surface area contributed by atoms with Crippen LogP contribution in [0.5, 0.6) is 0 Å². The third-order valence-corrected chi connectivity index (χ3v) is 7.00. The van der Waals surface area contributed by atoms with Crippen molar-refractivity contribution >= 4 is 49.3 Å². The van der Waals surface area contributed by atoms with Crippen molar-refractivity contribution in [2.75, 3.05) is 5.01 Å². The Morgan fingerprint density at radius 1 is 0.833 bits per heavy atom. The third-order valence-electron chi connectivity index (χ3n) is 5.94. The maximum Gasteiger partial charge on any atom is 0.0859 e. The second kappa shape index (κ2) is 8.52. The summed E-state index contributed by atoms with van der Waals surface area (Å²) in [5.41, 5.74) is 6.32. The molecule has 0 saturated heterocycles. The number of rotatable bonds is 3. The number of allylic oxidation sites excluding steroid dienone is 1. The fourth-order valence-electron chi connectivity index (χ4n) is 4.55. The first-order chi connectivity index (χ1) is 14.7. The van der Waals surface area contributed by atoms with Gasteiger partial charge in [-0.3, -0.25) is 5.01 Å². The lowest BCUT2D eigenvalue weighted by atomic mass is 9.77. The summed E-state index contributed by atoms with van der Waals surface area (Å²) in [5, 5.41) is 7.46. The molecule has 3 aromatic rings. The van der Waals surface area contributed by atoms with Crippen molar-refractivity contribution in [1.29, 1.82) is 0 Å². The van der Waals surface area contributed by atoms with Crippen molar-refractivity contribution in [3.8, 4) is 0 Å². The van der Waals surface area contributed by atoms with Crippen molar-refractivity contribution in [2.45, 2.75) is 25.3 Å². The minimum atomic E-state index is 0.226. The lowest BCUT2D eigenvalue weighted by molar-refractivity contribution is 0.488. The largest absolute Gasteiger partial charge is 0.257 e. The van der Waals surface area contributed by atoms with E-state index in [1.54, 1.807) is 0 Å². The van der Waals surface area contributed by atoms with Gasteiger partial charge in [-0.2, -0.15) is 5.10 Å². The molecule has 0 N–H and O–H groups in total. The molecule has 0 spiro atoms. The molecule has 2 aliphatic rings. The Morgan fingerprint density at radius 3 is 2.20 bits per heavy atom. The fraction of sp³-hybridized carbons (Fsp3) is 0.192. The van der Waals surface area contributed by atoms with Crippen molar-refractivity contribution in [3.05, 3.63) is 105 Å². The maximum atomic E-state index is 5.22. The first-order valence-electron chi connectivity index (χ1n) is 10.3. The zero-order valence-corrected chi connectivity index (χ0v) is 19.7. The van der Waals surface area contributed by atoms with E-state index in [1.807, 2.05) is 0 Å². The standard InChI is InChI=1S/C26H22Br2N2/c27-21-13-9-18(10-14-21)17-20-5-4-8-24-25(20)29-30(23-6-2-1-3-7-23)26(24)19-11-15-22(28)16-12-19/h1-3,6-7,9-17,24,26H,4-5,8H2/t24-,26+/m1/s1. The Kier molecular flexibility index (Phi) is 5.62. The van der Waals surface area contributed by atoms with Crippen molar-refractivity contribution in [3.63, 3.8) is 0 Å². The first kappa shape index (κ1) is 19.8. The van der Waals surface area contributed by atoms with Crippen LogP contribution in [0.1, 0.15) is 36.4 Å². The zero-order valence-electron chi connectivity index (χ0n) is 16.5. The topological polar surface area (TPSA) is 15.6 Å². The van der Waals surface area contributed by atoms with Crippen LogP contribution in [0.25, 0.3) is 6.08 Å². The van der Waals surface area contributed by atoms with Crippen LogP contribution in [0.3, 0.4) is 0 Å². The van der Waals surface area contributed by atoms with Crippen LogP contribution in [-0.4, -0.2) is 5.71 Å². The lowest BCUT2D eigenvalue weighted by Crippen LogP contribution is -2.28. The van der Waals surface area contributed by atoms with Gasteiger partial charge in [0.2, 0.25) is 0 Å². The lowest BCUT2D eigenvalue weighted by Gasteiger charge is -2.30. The molecule has 2 nitrogen and oxygen atoms in total. The molecule has 30 heavy (non-hydrogen) atoms. The number of halogens is 2. The molecule has 1 heterocycles. The monoisotopic (exact) mass is 520 g/mol. The van der Waals surface area contributed by atoms with Gasteiger partial charge in [0.1, 0.15) is 0 Å². The van der Waals surface area contributed by atoms with Gasteiger partial charge in [-0.25, -0.2) is 0 Å². The first-order valence-corrected chi connectivity index (χ1v) is 11.9. The van der Waals surface area contributed by atoms with Gasteiger partial charge < -0.3 is 0 Å². The number of anilines is 1. The molecular weight excluding hydrogens is 500 g/mol. The normalized spacial score (nSPS) is 22.1. The second-order valence-electron chi connectivity index (χ2n) is 7.88. The Bertz CT molecular complexity index is 1090. The zero-order chi connectivity index (χ0) is 20.5. The van der Waals surface area contributed by atoms with Crippen LogP contribution >= 0.6 is 31.9 Å². The number of hydrazone groups is 1.